The van der Waals surface area contributed by atoms with Crippen LogP contribution in [0.3, 0.4) is 0 Å². The molecule has 21 heavy (non-hydrogen) atoms. The molecule has 0 saturated carbocycles. The predicted octanol–water partition coefficient (Wildman–Crippen LogP) is 1.86. The van der Waals surface area contributed by atoms with Crippen LogP contribution < -0.4 is 5.32 Å². The van der Waals surface area contributed by atoms with Gasteiger partial charge in [-0.3, -0.25) is 4.79 Å². The summed E-state index contributed by atoms with van der Waals surface area (Å²) < 4.78 is 1.57. The predicted molar refractivity (Wildman–Crippen MR) is 77.4 cm³/mol. The summed E-state index contributed by atoms with van der Waals surface area (Å²) in [6.45, 7) is 3.19. The first-order valence-electron chi connectivity index (χ1n) is 6.62. The van der Waals surface area contributed by atoms with Crippen LogP contribution in [0, 0.1) is 0 Å². The molecule has 1 heterocycles. The van der Waals surface area contributed by atoms with Crippen LogP contribution >= 0.6 is 0 Å². The lowest BCUT2D eigenvalue weighted by atomic mass is 9.99. The fraction of sp³-hybridized carbons (Fsp3) is 0.267. The number of aliphatic carboxylic acids is 1. The van der Waals surface area contributed by atoms with Gasteiger partial charge in [-0.15, -0.1) is 0 Å². The van der Waals surface area contributed by atoms with Crippen molar-refractivity contribution in [2.24, 2.45) is 0 Å². The van der Waals surface area contributed by atoms with Gasteiger partial charge in [0.25, 0.3) is 5.91 Å². The Morgan fingerprint density at radius 3 is 2.57 bits per heavy atom. The molecule has 1 aromatic heterocycles. The van der Waals surface area contributed by atoms with E-state index >= 15 is 0 Å². The van der Waals surface area contributed by atoms with Gasteiger partial charge in [-0.25, -0.2) is 9.48 Å². The number of carboxylic acid groups (broad SMARTS) is 1. The van der Waals surface area contributed by atoms with Crippen molar-refractivity contribution in [2.75, 3.05) is 0 Å². The lowest BCUT2D eigenvalue weighted by Gasteiger charge is -2.24. The SMILES string of the molecule is CCC(C)(NC(=O)c1cnn(-c2ccccc2)c1)C(=O)O. The summed E-state index contributed by atoms with van der Waals surface area (Å²) in [5.74, 6) is -1.52. The number of carbonyl (C=O) groups is 2. The summed E-state index contributed by atoms with van der Waals surface area (Å²) in [5, 5.41) is 15.8. The Morgan fingerprint density at radius 2 is 2.00 bits per heavy atom. The van der Waals surface area contributed by atoms with Crippen LogP contribution in [-0.4, -0.2) is 32.3 Å². The molecule has 1 amide bonds. The van der Waals surface area contributed by atoms with E-state index in [9.17, 15) is 14.7 Å². The zero-order valence-electron chi connectivity index (χ0n) is 11.9. The summed E-state index contributed by atoms with van der Waals surface area (Å²) in [6.07, 6.45) is 3.28. The quantitative estimate of drug-likeness (QED) is 0.879. The third-order valence-electron chi connectivity index (χ3n) is 3.43. The maximum absolute atomic E-state index is 12.1. The molecule has 1 unspecified atom stereocenters. The molecular weight excluding hydrogens is 270 g/mol. The minimum Gasteiger partial charge on any atom is -0.480 e. The second kappa shape index (κ2) is 5.78. The molecule has 0 aliphatic carbocycles. The second-order valence-electron chi connectivity index (χ2n) is 4.95. The molecule has 2 rings (SSSR count). The molecule has 6 nitrogen and oxygen atoms in total. The van der Waals surface area contributed by atoms with E-state index in [-0.39, 0.29) is 0 Å². The van der Waals surface area contributed by atoms with Gasteiger partial charge in [0.1, 0.15) is 5.54 Å². The number of nitrogens with one attached hydrogen (secondary N) is 1. The Kier molecular flexibility index (Phi) is 4.07. The number of carbonyl (C=O) groups excluding carboxylic acids is 1. The van der Waals surface area contributed by atoms with Crippen molar-refractivity contribution >= 4 is 11.9 Å². The molecule has 0 aliphatic heterocycles. The highest BCUT2D eigenvalue weighted by atomic mass is 16.4. The molecule has 0 fully saturated rings. The first-order valence-corrected chi connectivity index (χ1v) is 6.62. The van der Waals surface area contributed by atoms with Gasteiger partial charge in [-0.2, -0.15) is 5.10 Å². The molecule has 0 spiro atoms. The highest BCUT2D eigenvalue weighted by Crippen LogP contribution is 2.12. The van der Waals surface area contributed by atoms with Crippen LogP contribution in [0.1, 0.15) is 30.6 Å². The third kappa shape index (κ3) is 3.10. The van der Waals surface area contributed by atoms with E-state index in [4.69, 9.17) is 0 Å². The molecule has 1 aromatic carbocycles. The summed E-state index contributed by atoms with van der Waals surface area (Å²) in [6, 6.07) is 9.36. The summed E-state index contributed by atoms with van der Waals surface area (Å²) in [4.78, 5) is 23.4. The van der Waals surface area contributed by atoms with Crippen LogP contribution in [-0.2, 0) is 4.79 Å². The number of carboxylic acids is 1. The molecule has 0 bridgehead atoms. The fourth-order valence-corrected chi connectivity index (χ4v) is 1.78. The Balaban J connectivity index is 2.18. The Hall–Kier alpha value is -2.63. The average Bonchev–Trinajstić information content (AvgIpc) is 2.97. The van der Waals surface area contributed by atoms with Crippen molar-refractivity contribution in [1.29, 1.82) is 0 Å². The van der Waals surface area contributed by atoms with Gasteiger partial charge in [0.05, 0.1) is 17.4 Å². The minimum atomic E-state index is -1.29. The second-order valence-corrected chi connectivity index (χ2v) is 4.95. The number of amides is 1. The standard InChI is InChI=1S/C15H17N3O3/c1-3-15(2,14(20)21)17-13(19)11-9-16-18(10-11)12-7-5-4-6-8-12/h4-10H,3H2,1-2H3,(H,17,19)(H,20,21). The summed E-state index contributed by atoms with van der Waals surface area (Å²) in [7, 11) is 0. The molecular formula is C15H17N3O3. The van der Waals surface area contributed by atoms with Crippen LogP contribution in [0.25, 0.3) is 5.69 Å². The highest BCUT2D eigenvalue weighted by molar-refractivity contribution is 5.97. The number of aromatic nitrogens is 2. The van der Waals surface area contributed by atoms with Crippen molar-refractivity contribution < 1.29 is 14.7 Å². The van der Waals surface area contributed by atoms with E-state index < -0.39 is 17.4 Å². The van der Waals surface area contributed by atoms with Gasteiger partial charge in [-0.1, -0.05) is 25.1 Å². The highest BCUT2D eigenvalue weighted by Gasteiger charge is 2.33. The third-order valence-corrected chi connectivity index (χ3v) is 3.43. The van der Waals surface area contributed by atoms with E-state index in [0.29, 0.717) is 12.0 Å². The largest absolute Gasteiger partial charge is 0.480 e. The first-order chi connectivity index (χ1) is 9.96. The van der Waals surface area contributed by atoms with Gasteiger partial charge >= 0.3 is 5.97 Å². The number of hydrogen-bond acceptors (Lipinski definition) is 3. The van der Waals surface area contributed by atoms with E-state index in [2.05, 4.69) is 10.4 Å². The minimum absolute atomic E-state index is 0.293. The van der Waals surface area contributed by atoms with Crippen LogP contribution in [0.5, 0.6) is 0 Å². The van der Waals surface area contributed by atoms with E-state index in [1.165, 1.54) is 13.1 Å². The fourth-order valence-electron chi connectivity index (χ4n) is 1.78. The van der Waals surface area contributed by atoms with Crippen molar-refractivity contribution in [3.8, 4) is 5.69 Å². The van der Waals surface area contributed by atoms with Gasteiger partial charge in [0, 0.05) is 6.20 Å². The first kappa shape index (κ1) is 14.8. The normalized spacial score (nSPS) is 13.4. The van der Waals surface area contributed by atoms with Gasteiger partial charge in [-0.05, 0) is 25.5 Å². The molecule has 2 aromatic rings. The van der Waals surface area contributed by atoms with Crippen molar-refractivity contribution in [2.45, 2.75) is 25.8 Å². The average molecular weight is 287 g/mol. The van der Waals surface area contributed by atoms with Crippen LogP contribution in [0.15, 0.2) is 42.7 Å². The van der Waals surface area contributed by atoms with E-state index in [1.807, 2.05) is 30.3 Å². The maximum atomic E-state index is 12.1. The maximum Gasteiger partial charge on any atom is 0.329 e. The zero-order valence-corrected chi connectivity index (χ0v) is 11.9. The molecule has 1 atom stereocenters. The van der Waals surface area contributed by atoms with Crippen LogP contribution in [0.2, 0.25) is 0 Å². The number of nitrogens with zero attached hydrogens (tertiary/aromatic N) is 2. The molecule has 6 heteroatoms. The molecule has 110 valence electrons. The topological polar surface area (TPSA) is 84.2 Å². The monoisotopic (exact) mass is 287 g/mol. The number of hydrogen-bond donors (Lipinski definition) is 2. The van der Waals surface area contributed by atoms with Crippen molar-refractivity contribution in [1.82, 2.24) is 15.1 Å². The lowest BCUT2D eigenvalue weighted by molar-refractivity contribution is -0.143. The molecule has 0 aliphatic rings. The van der Waals surface area contributed by atoms with E-state index in [0.717, 1.165) is 5.69 Å². The Labute approximate surface area is 122 Å². The molecule has 2 N–H and O–H groups in total. The number of rotatable bonds is 5. The Bertz CT molecular complexity index is 651. The van der Waals surface area contributed by atoms with Gasteiger partial charge in [0.15, 0.2) is 0 Å². The Morgan fingerprint density at radius 1 is 1.33 bits per heavy atom. The van der Waals surface area contributed by atoms with Crippen molar-refractivity contribution in [3.63, 3.8) is 0 Å². The van der Waals surface area contributed by atoms with E-state index in [1.54, 1.807) is 17.8 Å². The zero-order chi connectivity index (χ0) is 15.5. The molecule has 0 radical (unpaired) electrons. The van der Waals surface area contributed by atoms with Gasteiger partial charge < -0.3 is 10.4 Å². The number of benzene rings is 1. The molecule has 0 saturated heterocycles. The van der Waals surface area contributed by atoms with Crippen molar-refractivity contribution in [3.05, 3.63) is 48.3 Å². The number of para-hydroxylation sites is 1. The van der Waals surface area contributed by atoms with Crippen LogP contribution in [0.4, 0.5) is 0 Å². The van der Waals surface area contributed by atoms with Gasteiger partial charge in [0.2, 0.25) is 0 Å². The smallest absolute Gasteiger partial charge is 0.329 e. The summed E-state index contributed by atoms with van der Waals surface area (Å²) >= 11 is 0. The lowest BCUT2D eigenvalue weighted by Crippen LogP contribution is -2.51. The summed E-state index contributed by atoms with van der Waals surface area (Å²) in [5.41, 5.74) is -0.140.